The fourth-order valence-electron chi connectivity index (χ4n) is 4.44. The molecule has 0 saturated heterocycles. The first kappa shape index (κ1) is 22.8. The molecule has 5 rings (SSSR count). The Morgan fingerprint density at radius 3 is 2.60 bits per heavy atom. The number of benzene rings is 3. The van der Waals surface area contributed by atoms with E-state index in [1.807, 2.05) is 12.1 Å². The number of nitrogens with zero attached hydrogens (tertiary/aromatic N) is 2. The molecule has 9 heteroatoms. The number of hydrogen-bond acceptors (Lipinski definition) is 6. The molecule has 1 atom stereocenters. The number of methoxy groups -OCH3 is 1. The molecule has 0 aromatic heterocycles. The van der Waals surface area contributed by atoms with Crippen LogP contribution in [0.5, 0.6) is 5.75 Å². The van der Waals surface area contributed by atoms with E-state index in [1.165, 1.54) is 4.31 Å². The minimum atomic E-state index is -4.19. The summed E-state index contributed by atoms with van der Waals surface area (Å²) in [4.78, 5) is -0.0713. The van der Waals surface area contributed by atoms with Gasteiger partial charge in [0.25, 0.3) is 10.0 Å². The fourth-order valence-corrected chi connectivity index (χ4v) is 6.59. The normalized spacial score (nSPS) is 18.3. The molecule has 2 aliphatic heterocycles. The Morgan fingerprint density at radius 1 is 1.11 bits per heavy atom. The fraction of sp³-hybridized carbons (Fsp3) is 0.115. The molecule has 0 spiro atoms. The molecule has 0 radical (unpaired) electrons. The van der Waals surface area contributed by atoms with Crippen molar-refractivity contribution in [2.45, 2.75) is 12.5 Å². The van der Waals surface area contributed by atoms with E-state index in [2.05, 4.69) is 0 Å². The summed E-state index contributed by atoms with van der Waals surface area (Å²) in [5, 5.41) is 10.3. The Kier molecular flexibility index (Phi) is 5.67. The monoisotopic (exact) mass is 505 g/mol. The quantitative estimate of drug-likeness (QED) is 0.542. The first-order valence-corrected chi connectivity index (χ1v) is 12.5. The van der Waals surface area contributed by atoms with Crippen molar-refractivity contribution in [1.82, 2.24) is 0 Å². The zero-order chi connectivity index (χ0) is 24.7. The Labute approximate surface area is 208 Å². The number of sulfonamides is 1. The van der Waals surface area contributed by atoms with Crippen LogP contribution in [0.2, 0.25) is 5.02 Å². The van der Waals surface area contributed by atoms with Crippen molar-refractivity contribution in [3.8, 4) is 11.8 Å². The molecule has 3 aromatic rings. The first-order valence-electron chi connectivity index (χ1n) is 10.7. The Morgan fingerprint density at radius 2 is 1.86 bits per heavy atom. The molecule has 7 nitrogen and oxygen atoms in total. The summed E-state index contributed by atoms with van der Waals surface area (Å²) in [6.07, 6.45) is 0. The summed E-state index contributed by atoms with van der Waals surface area (Å²) in [6, 6.07) is 23.1. The highest BCUT2D eigenvalue weighted by Gasteiger charge is 2.47. The van der Waals surface area contributed by atoms with E-state index in [0.717, 1.165) is 5.56 Å². The van der Waals surface area contributed by atoms with E-state index in [1.54, 1.807) is 73.8 Å². The third-order valence-corrected chi connectivity index (χ3v) is 8.26. The third kappa shape index (κ3) is 3.70. The largest absolute Gasteiger partial charge is 0.497 e. The predicted octanol–water partition coefficient (Wildman–Crippen LogP) is 4.88. The number of rotatable bonds is 4. The van der Waals surface area contributed by atoms with Crippen molar-refractivity contribution in [3.63, 3.8) is 0 Å². The van der Waals surface area contributed by atoms with E-state index in [4.69, 9.17) is 26.8 Å². The Hall–Kier alpha value is -3.93. The zero-order valence-electron chi connectivity index (χ0n) is 18.6. The van der Waals surface area contributed by atoms with Crippen LogP contribution in [-0.4, -0.2) is 15.5 Å². The number of nitrogens with two attached hydrogens (primary N) is 1. The van der Waals surface area contributed by atoms with Crippen molar-refractivity contribution in [1.29, 1.82) is 5.26 Å². The van der Waals surface area contributed by atoms with Gasteiger partial charge in [0.1, 0.15) is 22.3 Å². The lowest BCUT2D eigenvalue weighted by Gasteiger charge is -2.38. The summed E-state index contributed by atoms with van der Waals surface area (Å²) < 4.78 is 41.0. The maximum Gasteiger partial charge on any atom is 0.265 e. The van der Waals surface area contributed by atoms with Gasteiger partial charge in [-0.3, -0.25) is 4.31 Å². The predicted molar refractivity (Wildman–Crippen MR) is 134 cm³/mol. The molecule has 35 heavy (non-hydrogen) atoms. The Balaban J connectivity index is 1.76. The van der Waals surface area contributed by atoms with Gasteiger partial charge in [-0.05, 0) is 41.5 Å². The lowest BCUT2D eigenvalue weighted by molar-refractivity contribution is 0.357. The van der Waals surface area contributed by atoms with E-state index in [0.29, 0.717) is 27.6 Å². The van der Waals surface area contributed by atoms with Gasteiger partial charge >= 0.3 is 0 Å². The molecular formula is C26H20ClN3O4S. The van der Waals surface area contributed by atoms with Gasteiger partial charge in [-0.25, -0.2) is 8.42 Å². The highest BCUT2D eigenvalue weighted by molar-refractivity contribution is 7.96. The molecule has 0 bridgehead atoms. The highest BCUT2D eigenvalue weighted by atomic mass is 35.5. The molecule has 0 amide bonds. The first-order chi connectivity index (χ1) is 16.9. The minimum Gasteiger partial charge on any atom is -0.497 e. The van der Waals surface area contributed by atoms with E-state index in [-0.39, 0.29) is 28.7 Å². The van der Waals surface area contributed by atoms with Crippen LogP contribution in [0.3, 0.4) is 0 Å². The number of halogens is 1. The Bertz CT molecular complexity index is 1560. The van der Waals surface area contributed by atoms with Gasteiger partial charge < -0.3 is 15.2 Å². The summed E-state index contributed by atoms with van der Waals surface area (Å²) in [5.41, 5.74) is 8.31. The average molecular weight is 506 g/mol. The maximum atomic E-state index is 14.3. The highest BCUT2D eigenvalue weighted by Crippen LogP contribution is 2.52. The van der Waals surface area contributed by atoms with Crippen molar-refractivity contribution in [2.24, 2.45) is 5.73 Å². The summed E-state index contributed by atoms with van der Waals surface area (Å²) in [6.45, 7) is 0.0453. The van der Waals surface area contributed by atoms with Crippen LogP contribution < -0.4 is 14.8 Å². The van der Waals surface area contributed by atoms with Crippen LogP contribution in [0.15, 0.2) is 89.2 Å². The van der Waals surface area contributed by atoms with Crippen LogP contribution in [0.4, 0.5) is 5.69 Å². The second-order valence-electron chi connectivity index (χ2n) is 8.02. The van der Waals surface area contributed by atoms with Gasteiger partial charge in [0.05, 0.1) is 25.3 Å². The standard InChI is InChI=1S/C26H20ClN3O4S/c1-33-17-8-6-7-16(13-17)15-30-22-12-5-3-10-19(22)24-25(35(30,31)32)23(20(14-28)26(29)34-24)18-9-2-4-11-21(18)27/h2-13,23H,15,29H2,1H3/t23-/m0/s1. The smallest absolute Gasteiger partial charge is 0.265 e. The molecule has 2 heterocycles. The molecule has 2 N–H and O–H groups in total. The van der Waals surface area contributed by atoms with Crippen molar-refractivity contribution < 1.29 is 17.9 Å². The molecule has 2 aliphatic rings. The number of para-hydroxylation sites is 1. The van der Waals surface area contributed by atoms with Crippen molar-refractivity contribution in [3.05, 3.63) is 111 Å². The van der Waals surface area contributed by atoms with Crippen LogP contribution in [-0.2, 0) is 21.3 Å². The molecular weight excluding hydrogens is 486 g/mol. The van der Waals surface area contributed by atoms with Crippen molar-refractivity contribution in [2.75, 3.05) is 11.4 Å². The SMILES string of the molecule is COc1cccc(CN2c3ccccc3C3=C([C@@H](c4ccccc4Cl)C(C#N)=C(N)O3)S2(=O)=O)c1. The van der Waals surface area contributed by atoms with Crippen molar-refractivity contribution >= 4 is 33.1 Å². The summed E-state index contributed by atoms with van der Waals surface area (Å²) in [5.74, 6) is -0.461. The van der Waals surface area contributed by atoms with Crippen LogP contribution in [0.1, 0.15) is 22.6 Å². The van der Waals surface area contributed by atoms with Gasteiger partial charge in [0.15, 0.2) is 5.76 Å². The zero-order valence-corrected chi connectivity index (χ0v) is 20.2. The number of allylic oxidation sites excluding steroid dienone is 2. The molecule has 0 unspecified atom stereocenters. The number of hydrogen-bond donors (Lipinski definition) is 1. The van der Waals surface area contributed by atoms with Gasteiger partial charge in [0.2, 0.25) is 5.88 Å². The second kappa shape index (κ2) is 8.69. The topological polar surface area (TPSA) is 106 Å². The average Bonchev–Trinajstić information content (AvgIpc) is 2.86. The molecule has 0 fully saturated rings. The van der Waals surface area contributed by atoms with Crippen LogP contribution >= 0.6 is 11.6 Å². The maximum absolute atomic E-state index is 14.3. The number of fused-ring (bicyclic) bond motifs is 2. The number of anilines is 1. The number of nitriles is 1. The summed E-state index contributed by atoms with van der Waals surface area (Å²) >= 11 is 6.49. The minimum absolute atomic E-state index is 0.0128. The second-order valence-corrected chi connectivity index (χ2v) is 10.3. The third-order valence-electron chi connectivity index (χ3n) is 6.03. The van der Waals surface area contributed by atoms with E-state index < -0.39 is 15.9 Å². The summed E-state index contributed by atoms with van der Waals surface area (Å²) in [7, 11) is -2.64. The molecule has 176 valence electrons. The van der Waals surface area contributed by atoms with Gasteiger partial charge in [-0.1, -0.05) is 54.1 Å². The van der Waals surface area contributed by atoms with Crippen LogP contribution in [0.25, 0.3) is 5.76 Å². The van der Waals surface area contributed by atoms with Crippen LogP contribution in [0, 0.1) is 11.3 Å². The van der Waals surface area contributed by atoms with E-state index in [9.17, 15) is 13.7 Å². The van der Waals surface area contributed by atoms with Gasteiger partial charge in [-0.15, -0.1) is 0 Å². The van der Waals surface area contributed by atoms with E-state index >= 15 is 0 Å². The van der Waals surface area contributed by atoms with Gasteiger partial charge in [-0.2, -0.15) is 5.26 Å². The lowest BCUT2D eigenvalue weighted by Crippen LogP contribution is -2.39. The molecule has 0 aliphatic carbocycles. The lowest BCUT2D eigenvalue weighted by atomic mass is 9.88. The van der Waals surface area contributed by atoms with Gasteiger partial charge in [0, 0.05) is 10.6 Å². The molecule has 0 saturated carbocycles. The molecule has 3 aromatic carbocycles. The number of ether oxygens (including phenoxy) is 2.